The minimum absolute atomic E-state index is 0.411. The standard InChI is InChI=1S/C16H21N3/c1-12(2)19-11-16(10-18-19)17-9-13-4-3-5-15(8-13)14-6-7-14/h3-5,8,10-12,14,17H,6-7,9H2,1-2H3. The van der Waals surface area contributed by atoms with Crippen LogP contribution in [0.1, 0.15) is 49.8 Å². The van der Waals surface area contributed by atoms with E-state index in [1.54, 1.807) is 0 Å². The fraction of sp³-hybridized carbons (Fsp3) is 0.438. The van der Waals surface area contributed by atoms with E-state index in [-0.39, 0.29) is 0 Å². The van der Waals surface area contributed by atoms with Crippen molar-refractivity contribution in [3.8, 4) is 0 Å². The lowest BCUT2D eigenvalue weighted by atomic mass is 10.1. The average Bonchev–Trinajstić information content (AvgIpc) is 3.15. The van der Waals surface area contributed by atoms with Crippen LogP contribution >= 0.6 is 0 Å². The molecular formula is C16H21N3. The number of aromatic nitrogens is 2. The Morgan fingerprint density at radius 2 is 2.21 bits per heavy atom. The molecule has 19 heavy (non-hydrogen) atoms. The molecule has 0 amide bonds. The van der Waals surface area contributed by atoms with Crippen LogP contribution < -0.4 is 5.32 Å². The van der Waals surface area contributed by atoms with Crippen LogP contribution in [0.4, 0.5) is 5.69 Å². The van der Waals surface area contributed by atoms with Crippen LogP contribution in [0.3, 0.4) is 0 Å². The summed E-state index contributed by atoms with van der Waals surface area (Å²) in [5, 5.41) is 7.78. The van der Waals surface area contributed by atoms with Gasteiger partial charge in [0, 0.05) is 18.8 Å². The van der Waals surface area contributed by atoms with E-state index in [0.29, 0.717) is 6.04 Å². The maximum Gasteiger partial charge on any atom is 0.0729 e. The van der Waals surface area contributed by atoms with Crippen LogP contribution in [0.2, 0.25) is 0 Å². The highest BCUT2D eigenvalue weighted by atomic mass is 15.3. The summed E-state index contributed by atoms with van der Waals surface area (Å²) >= 11 is 0. The second kappa shape index (κ2) is 5.08. The van der Waals surface area contributed by atoms with Gasteiger partial charge in [0.25, 0.3) is 0 Å². The third-order valence-electron chi connectivity index (χ3n) is 3.63. The van der Waals surface area contributed by atoms with E-state index in [4.69, 9.17) is 0 Å². The van der Waals surface area contributed by atoms with E-state index in [1.165, 1.54) is 24.0 Å². The number of nitrogens with zero attached hydrogens (tertiary/aromatic N) is 2. The zero-order chi connectivity index (χ0) is 13.2. The molecule has 100 valence electrons. The molecule has 3 heteroatoms. The van der Waals surface area contributed by atoms with Crippen molar-refractivity contribution in [1.29, 1.82) is 0 Å². The van der Waals surface area contributed by atoms with Crippen molar-refractivity contribution in [2.24, 2.45) is 0 Å². The second-order valence-electron chi connectivity index (χ2n) is 5.68. The average molecular weight is 255 g/mol. The molecule has 1 aliphatic rings. The van der Waals surface area contributed by atoms with Crippen LogP contribution in [0.25, 0.3) is 0 Å². The molecule has 1 aromatic heterocycles. The highest BCUT2D eigenvalue weighted by molar-refractivity contribution is 5.40. The number of hydrogen-bond donors (Lipinski definition) is 1. The van der Waals surface area contributed by atoms with Crippen molar-refractivity contribution in [2.45, 2.75) is 45.2 Å². The molecule has 3 rings (SSSR count). The summed E-state index contributed by atoms with van der Waals surface area (Å²) in [5.41, 5.74) is 3.93. The summed E-state index contributed by atoms with van der Waals surface area (Å²) in [5.74, 6) is 0.823. The lowest BCUT2D eigenvalue weighted by Gasteiger charge is -2.06. The molecule has 0 aliphatic heterocycles. The summed E-state index contributed by atoms with van der Waals surface area (Å²) in [4.78, 5) is 0. The molecule has 0 saturated heterocycles. The van der Waals surface area contributed by atoms with Gasteiger partial charge in [-0.25, -0.2) is 0 Å². The van der Waals surface area contributed by atoms with Gasteiger partial charge < -0.3 is 5.32 Å². The maximum absolute atomic E-state index is 4.34. The third-order valence-corrected chi connectivity index (χ3v) is 3.63. The minimum atomic E-state index is 0.411. The Morgan fingerprint density at radius 3 is 2.89 bits per heavy atom. The minimum Gasteiger partial charge on any atom is -0.378 e. The predicted octanol–water partition coefficient (Wildman–Crippen LogP) is 3.95. The third kappa shape index (κ3) is 2.98. The summed E-state index contributed by atoms with van der Waals surface area (Å²) in [6.45, 7) is 5.14. The summed E-state index contributed by atoms with van der Waals surface area (Å²) in [6, 6.07) is 9.34. The fourth-order valence-corrected chi connectivity index (χ4v) is 2.29. The molecule has 0 atom stereocenters. The van der Waals surface area contributed by atoms with E-state index in [9.17, 15) is 0 Å². The van der Waals surface area contributed by atoms with Gasteiger partial charge in [-0.1, -0.05) is 24.3 Å². The zero-order valence-electron chi connectivity index (χ0n) is 11.6. The van der Waals surface area contributed by atoms with Crippen molar-refractivity contribution in [3.05, 3.63) is 47.8 Å². The molecule has 2 aromatic rings. The highest BCUT2D eigenvalue weighted by Gasteiger charge is 2.23. The van der Waals surface area contributed by atoms with Gasteiger partial charge in [0.05, 0.1) is 11.9 Å². The SMILES string of the molecule is CC(C)n1cc(NCc2cccc(C3CC3)c2)cn1. The van der Waals surface area contributed by atoms with Gasteiger partial charge >= 0.3 is 0 Å². The Bertz CT molecular complexity index is 553. The van der Waals surface area contributed by atoms with E-state index in [0.717, 1.165) is 18.2 Å². The molecule has 0 spiro atoms. The van der Waals surface area contributed by atoms with Gasteiger partial charge in [-0.05, 0) is 43.7 Å². The quantitative estimate of drug-likeness (QED) is 0.876. The van der Waals surface area contributed by atoms with Crippen molar-refractivity contribution in [3.63, 3.8) is 0 Å². The van der Waals surface area contributed by atoms with Crippen LogP contribution in [0.5, 0.6) is 0 Å². The molecule has 0 radical (unpaired) electrons. The first kappa shape index (κ1) is 12.3. The molecule has 1 aromatic carbocycles. The lowest BCUT2D eigenvalue weighted by molar-refractivity contribution is 0.532. The van der Waals surface area contributed by atoms with E-state index < -0.39 is 0 Å². The molecule has 1 aliphatic carbocycles. The van der Waals surface area contributed by atoms with Gasteiger partial charge in [-0.15, -0.1) is 0 Å². The number of hydrogen-bond acceptors (Lipinski definition) is 2. The van der Waals surface area contributed by atoms with Gasteiger partial charge in [-0.2, -0.15) is 5.10 Å². The van der Waals surface area contributed by atoms with Crippen molar-refractivity contribution >= 4 is 5.69 Å². The normalized spacial score (nSPS) is 14.9. The molecule has 1 heterocycles. The summed E-state index contributed by atoms with van der Waals surface area (Å²) < 4.78 is 1.98. The fourth-order valence-electron chi connectivity index (χ4n) is 2.29. The Hall–Kier alpha value is -1.77. The Labute approximate surface area is 114 Å². The van der Waals surface area contributed by atoms with Crippen LogP contribution in [-0.2, 0) is 6.54 Å². The number of rotatable bonds is 5. The van der Waals surface area contributed by atoms with Crippen LogP contribution in [-0.4, -0.2) is 9.78 Å². The first-order valence-corrected chi connectivity index (χ1v) is 7.09. The van der Waals surface area contributed by atoms with E-state index in [1.807, 2.05) is 10.9 Å². The van der Waals surface area contributed by atoms with Gasteiger partial charge in [0.2, 0.25) is 0 Å². The van der Waals surface area contributed by atoms with Gasteiger partial charge in [0.15, 0.2) is 0 Å². The summed E-state index contributed by atoms with van der Waals surface area (Å²) in [7, 11) is 0. The molecule has 3 nitrogen and oxygen atoms in total. The molecular weight excluding hydrogens is 234 g/mol. The Kier molecular flexibility index (Phi) is 3.28. The molecule has 0 unspecified atom stereocenters. The molecule has 1 N–H and O–H groups in total. The monoisotopic (exact) mass is 255 g/mol. The largest absolute Gasteiger partial charge is 0.378 e. The zero-order valence-corrected chi connectivity index (χ0v) is 11.6. The molecule has 0 bridgehead atoms. The van der Waals surface area contributed by atoms with Crippen LogP contribution in [0, 0.1) is 0 Å². The first-order chi connectivity index (χ1) is 9.22. The van der Waals surface area contributed by atoms with Gasteiger partial charge in [0.1, 0.15) is 0 Å². The second-order valence-corrected chi connectivity index (χ2v) is 5.68. The van der Waals surface area contributed by atoms with Crippen molar-refractivity contribution in [2.75, 3.05) is 5.32 Å². The van der Waals surface area contributed by atoms with Crippen molar-refractivity contribution in [1.82, 2.24) is 9.78 Å². The van der Waals surface area contributed by atoms with E-state index >= 15 is 0 Å². The van der Waals surface area contributed by atoms with Crippen molar-refractivity contribution < 1.29 is 0 Å². The number of anilines is 1. The molecule has 1 fully saturated rings. The van der Waals surface area contributed by atoms with E-state index in [2.05, 4.69) is 54.7 Å². The Morgan fingerprint density at radius 1 is 1.37 bits per heavy atom. The van der Waals surface area contributed by atoms with Gasteiger partial charge in [-0.3, -0.25) is 4.68 Å². The number of nitrogens with one attached hydrogen (secondary N) is 1. The maximum atomic E-state index is 4.34. The Balaban J connectivity index is 1.63. The smallest absolute Gasteiger partial charge is 0.0729 e. The highest BCUT2D eigenvalue weighted by Crippen LogP contribution is 2.40. The molecule has 1 saturated carbocycles. The number of benzene rings is 1. The first-order valence-electron chi connectivity index (χ1n) is 7.09. The van der Waals surface area contributed by atoms with Crippen LogP contribution in [0.15, 0.2) is 36.7 Å². The summed E-state index contributed by atoms with van der Waals surface area (Å²) in [6.07, 6.45) is 6.68. The topological polar surface area (TPSA) is 29.9 Å². The predicted molar refractivity (Wildman–Crippen MR) is 78.4 cm³/mol. The lowest BCUT2D eigenvalue weighted by Crippen LogP contribution is -2.01.